The van der Waals surface area contributed by atoms with Crippen molar-refractivity contribution in [2.24, 2.45) is 10.6 Å². The summed E-state index contributed by atoms with van der Waals surface area (Å²) in [5, 5.41) is 26.5. The van der Waals surface area contributed by atoms with Crippen molar-refractivity contribution in [1.29, 1.82) is 0 Å². The molecule has 0 aliphatic heterocycles. The van der Waals surface area contributed by atoms with Crippen LogP contribution in [0.2, 0.25) is 0 Å². The van der Waals surface area contributed by atoms with Gasteiger partial charge in [0.2, 0.25) is 0 Å². The molecule has 21 heavy (non-hydrogen) atoms. The van der Waals surface area contributed by atoms with Crippen LogP contribution in [-0.2, 0) is 0 Å². The summed E-state index contributed by atoms with van der Waals surface area (Å²) in [4.78, 5) is 19.5. The fourth-order valence-electron chi connectivity index (χ4n) is 2.74. The molecule has 0 radical (unpaired) electrons. The smallest absolute Gasteiger partial charge is 0.739 e. The second-order valence-electron chi connectivity index (χ2n) is 5.35. The Morgan fingerprint density at radius 2 is 0.952 bits per heavy atom. The largest absolute Gasteiger partial charge is 2.00 e. The molecule has 0 N–H and O–H groups in total. The van der Waals surface area contributed by atoms with Crippen LogP contribution in [-0.4, -0.2) is 60.2 Å². The van der Waals surface area contributed by atoms with Crippen LogP contribution in [0.25, 0.3) is 0 Å². The SMILES string of the molecule is O=NN([O-])C1CCCCC1.O=NN([O-])C1CCCCC1.[Ca+2]. The number of nitroso groups, excluding NO2 is 2. The van der Waals surface area contributed by atoms with E-state index in [9.17, 15) is 20.2 Å². The average Bonchev–Trinajstić information content (AvgIpc) is 2.55. The van der Waals surface area contributed by atoms with Crippen molar-refractivity contribution < 1.29 is 0 Å². The van der Waals surface area contributed by atoms with Gasteiger partial charge in [0.05, 0.1) is 0 Å². The van der Waals surface area contributed by atoms with Gasteiger partial charge in [-0.05, 0) is 25.7 Å². The van der Waals surface area contributed by atoms with Crippen LogP contribution in [0.3, 0.4) is 0 Å². The molecular formula is C12H22CaN4O4. The Labute approximate surface area is 154 Å². The molecule has 9 heteroatoms. The Morgan fingerprint density at radius 1 is 0.667 bits per heavy atom. The summed E-state index contributed by atoms with van der Waals surface area (Å²) in [6.07, 6.45) is 9.90. The summed E-state index contributed by atoms with van der Waals surface area (Å²) < 4.78 is 0. The molecule has 0 bridgehead atoms. The minimum absolute atomic E-state index is 0. The van der Waals surface area contributed by atoms with E-state index in [1.54, 1.807) is 0 Å². The Bertz CT molecular complexity index is 258. The Kier molecular flexibility index (Phi) is 12.5. The number of hydroxylamine groups is 2. The van der Waals surface area contributed by atoms with Gasteiger partial charge in [0.15, 0.2) is 0 Å². The molecule has 2 fully saturated rings. The summed E-state index contributed by atoms with van der Waals surface area (Å²) in [5.41, 5.74) is 0. The number of hydrogen-bond donors (Lipinski definition) is 0. The first-order valence-electron chi connectivity index (χ1n) is 7.28. The van der Waals surface area contributed by atoms with E-state index >= 15 is 0 Å². The van der Waals surface area contributed by atoms with Crippen LogP contribution in [0.5, 0.6) is 0 Å². The van der Waals surface area contributed by atoms with E-state index in [0.29, 0.717) is 10.3 Å². The van der Waals surface area contributed by atoms with Gasteiger partial charge in [-0.3, -0.25) is 0 Å². The van der Waals surface area contributed by atoms with E-state index in [4.69, 9.17) is 0 Å². The van der Waals surface area contributed by atoms with Gasteiger partial charge in [-0.15, -0.1) is 9.81 Å². The molecule has 0 aromatic carbocycles. The third kappa shape index (κ3) is 8.25. The van der Waals surface area contributed by atoms with Crippen molar-refractivity contribution in [3.63, 3.8) is 0 Å². The van der Waals surface area contributed by atoms with Gasteiger partial charge < -0.3 is 20.8 Å². The molecule has 2 saturated carbocycles. The van der Waals surface area contributed by atoms with Crippen LogP contribution in [0.4, 0.5) is 0 Å². The van der Waals surface area contributed by atoms with Crippen molar-refractivity contribution in [1.82, 2.24) is 10.3 Å². The summed E-state index contributed by atoms with van der Waals surface area (Å²) in [6, 6.07) is -0.266. The molecule has 0 unspecified atom stereocenters. The second-order valence-corrected chi connectivity index (χ2v) is 5.35. The average molecular weight is 326 g/mol. The zero-order valence-electron chi connectivity index (χ0n) is 12.4. The number of rotatable bonds is 4. The van der Waals surface area contributed by atoms with Crippen molar-refractivity contribution in [2.45, 2.75) is 76.3 Å². The Hall–Kier alpha value is -0.0203. The summed E-state index contributed by atoms with van der Waals surface area (Å²) in [6.45, 7) is 0. The monoisotopic (exact) mass is 326 g/mol. The summed E-state index contributed by atoms with van der Waals surface area (Å²) in [5.74, 6) is 0. The maximum atomic E-state index is 10.6. The van der Waals surface area contributed by atoms with Crippen molar-refractivity contribution in [3.05, 3.63) is 20.2 Å². The topological polar surface area (TPSA) is 111 Å². The Balaban J connectivity index is 0.000000364. The quantitative estimate of drug-likeness (QED) is 0.445. The predicted molar refractivity (Wildman–Crippen MR) is 81.5 cm³/mol. The van der Waals surface area contributed by atoms with Crippen molar-refractivity contribution in [2.75, 3.05) is 0 Å². The van der Waals surface area contributed by atoms with Gasteiger partial charge in [-0.25, -0.2) is 0 Å². The van der Waals surface area contributed by atoms with Gasteiger partial charge in [0.1, 0.15) is 0 Å². The Morgan fingerprint density at radius 3 is 1.19 bits per heavy atom. The van der Waals surface area contributed by atoms with E-state index in [1.807, 2.05) is 0 Å². The van der Waals surface area contributed by atoms with Crippen LogP contribution in [0, 0.1) is 20.2 Å². The van der Waals surface area contributed by atoms with Gasteiger partial charge in [-0.2, -0.15) is 0 Å². The van der Waals surface area contributed by atoms with Gasteiger partial charge in [0, 0.05) is 22.7 Å². The van der Waals surface area contributed by atoms with E-state index < -0.39 is 0 Å². The van der Waals surface area contributed by atoms with E-state index in [-0.39, 0.29) is 49.8 Å². The molecule has 0 amide bonds. The first-order valence-corrected chi connectivity index (χ1v) is 7.28. The molecule has 8 nitrogen and oxygen atoms in total. The zero-order valence-corrected chi connectivity index (χ0v) is 14.6. The van der Waals surface area contributed by atoms with Gasteiger partial charge >= 0.3 is 37.7 Å². The predicted octanol–water partition coefficient (Wildman–Crippen LogP) is 3.22. The maximum Gasteiger partial charge on any atom is 2.00 e. The molecule has 0 heterocycles. The third-order valence-electron chi connectivity index (χ3n) is 3.94. The summed E-state index contributed by atoms with van der Waals surface area (Å²) in [7, 11) is 0. The number of nitrogens with zero attached hydrogens (tertiary/aromatic N) is 4. The molecule has 2 aliphatic carbocycles. The first-order chi connectivity index (χ1) is 9.69. The number of hydrogen-bond acceptors (Lipinski definition) is 6. The van der Waals surface area contributed by atoms with E-state index in [0.717, 1.165) is 51.4 Å². The van der Waals surface area contributed by atoms with E-state index in [2.05, 4.69) is 10.6 Å². The molecule has 2 aliphatic rings. The first kappa shape index (κ1) is 21.0. The van der Waals surface area contributed by atoms with Crippen LogP contribution in [0.1, 0.15) is 64.2 Å². The molecule has 0 atom stereocenters. The van der Waals surface area contributed by atoms with Crippen LogP contribution in [0.15, 0.2) is 10.6 Å². The third-order valence-corrected chi connectivity index (χ3v) is 3.94. The molecule has 0 aromatic heterocycles. The maximum absolute atomic E-state index is 10.6. The van der Waals surface area contributed by atoms with E-state index in [1.165, 1.54) is 12.8 Å². The minimum atomic E-state index is -0.133. The minimum Gasteiger partial charge on any atom is -0.739 e. The molecule has 0 saturated heterocycles. The van der Waals surface area contributed by atoms with Crippen LogP contribution >= 0.6 is 0 Å². The molecule has 2 rings (SSSR count). The molecular weight excluding hydrogens is 304 g/mol. The summed E-state index contributed by atoms with van der Waals surface area (Å²) >= 11 is 0. The van der Waals surface area contributed by atoms with Gasteiger partial charge in [-0.1, -0.05) is 38.5 Å². The van der Waals surface area contributed by atoms with Crippen molar-refractivity contribution >= 4 is 37.7 Å². The fourth-order valence-corrected chi connectivity index (χ4v) is 2.74. The standard InChI is InChI=1S/2C6H11N2O2.Ca/c2*9-7-8(10)6-4-2-1-3-5-6;/h2*6H,1-5H2;/q2*-1;+2. The van der Waals surface area contributed by atoms with Crippen LogP contribution < -0.4 is 0 Å². The zero-order chi connectivity index (χ0) is 14.8. The van der Waals surface area contributed by atoms with Gasteiger partial charge in [0.25, 0.3) is 0 Å². The molecule has 116 valence electrons. The fraction of sp³-hybridized carbons (Fsp3) is 1.00. The van der Waals surface area contributed by atoms with Crippen molar-refractivity contribution in [3.8, 4) is 0 Å². The molecule has 0 spiro atoms. The normalized spacial score (nSPS) is 19.5. The molecule has 0 aromatic rings. The second kappa shape index (κ2) is 12.5.